The van der Waals surface area contributed by atoms with Gasteiger partial charge in [0.2, 0.25) is 0 Å². The van der Waals surface area contributed by atoms with E-state index in [-0.39, 0.29) is 0 Å². The quantitative estimate of drug-likeness (QED) is 0.509. The zero-order valence-electron chi connectivity index (χ0n) is 16.5. The molecule has 1 saturated heterocycles. The van der Waals surface area contributed by atoms with Crippen molar-refractivity contribution in [1.82, 2.24) is 10.2 Å². The highest BCUT2D eigenvalue weighted by molar-refractivity contribution is 6.53. The second-order valence-corrected chi connectivity index (χ2v) is 8.73. The molecular formula is C22H26Cl2FN3O2. The lowest BCUT2D eigenvalue weighted by Crippen LogP contribution is -2.49. The zero-order chi connectivity index (χ0) is 21.7. The number of likely N-dealkylation sites (tertiary alicyclic amines) is 1. The van der Waals surface area contributed by atoms with Crippen molar-refractivity contribution in [2.45, 2.75) is 23.5 Å². The third-order valence-corrected chi connectivity index (χ3v) is 5.78. The number of rotatable bonds is 9. The van der Waals surface area contributed by atoms with Crippen LogP contribution >= 0.6 is 23.2 Å². The molecule has 2 atom stereocenters. The number of benzene rings is 2. The molecule has 0 aromatic heterocycles. The number of carbonyl (C=O) groups is 1. The van der Waals surface area contributed by atoms with Crippen molar-refractivity contribution >= 4 is 29.1 Å². The van der Waals surface area contributed by atoms with Crippen molar-refractivity contribution < 1.29 is 14.3 Å². The Bertz CT molecular complexity index is 827. The van der Waals surface area contributed by atoms with Crippen LogP contribution in [0.2, 0.25) is 0 Å². The van der Waals surface area contributed by atoms with Crippen LogP contribution in [0.15, 0.2) is 48.5 Å². The van der Waals surface area contributed by atoms with Gasteiger partial charge in [-0.1, -0.05) is 71.7 Å². The minimum Gasteiger partial charge on any atom is -0.386 e. The Morgan fingerprint density at radius 3 is 2.20 bits per heavy atom. The minimum absolute atomic E-state index is 0.492. The molecule has 4 N–H and O–H groups in total. The van der Waals surface area contributed by atoms with Gasteiger partial charge in [0.25, 0.3) is 5.91 Å². The van der Waals surface area contributed by atoms with Gasteiger partial charge >= 0.3 is 0 Å². The number of nitrogens with zero attached hydrogens (tertiary/aromatic N) is 1. The van der Waals surface area contributed by atoms with E-state index in [2.05, 4.69) is 34.5 Å². The number of alkyl halides is 3. The number of nitrogens with one attached hydrogen (secondary N) is 1. The van der Waals surface area contributed by atoms with Gasteiger partial charge in [-0.2, -0.15) is 0 Å². The highest BCUT2D eigenvalue weighted by Crippen LogP contribution is 2.25. The van der Waals surface area contributed by atoms with Gasteiger partial charge < -0.3 is 16.2 Å². The smallest absolute Gasteiger partial charge is 0.253 e. The molecule has 1 aliphatic heterocycles. The Labute approximate surface area is 186 Å². The molecule has 2 aromatic rings. The van der Waals surface area contributed by atoms with Crippen molar-refractivity contribution in [3.05, 3.63) is 59.7 Å². The summed E-state index contributed by atoms with van der Waals surface area (Å²) in [7, 11) is 0. The lowest BCUT2D eigenvalue weighted by Gasteiger charge is -2.38. The Hall–Kier alpha value is -1.70. The molecule has 0 radical (unpaired) electrons. The third kappa shape index (κ3) is 5.71. The topological polar surface area (TPSA) is 78.6 Å². The van der Waals surface area contributed by atoms with Crippen LogP contribution in [-0.4, -0.2) is 53.1 Å². The molecule has 2 aromatic carbocycles. The van der Waals surface area contributed by atoms with Gasteiger partial charge in [-0.15, -0.1) is 0 Å². The van der Waals surface area contributed by atoms with Gasteiger partial charge in [0, 0.05) is 19.6 Å². The standard InChI is InChI=1S/C22H26Cl2FN3O2/c23-21(24)22(30)27-19(9-25)20(29)18-7-5-17(6-8-18)16-3-1-14(2-4-16)11-28-12-15(10-26)13-28/h1-8,15,19-21,29H,9-13,26H2,(H,27,30)/t19-,20+/m1/s1. The van der Waals surface area contributed by atoms with E-state index in [9.17, 15) is 14.3 Å². The van der Waals surface area contributed by atoms with Crippen LogP contribution in [0, 0.1) is 5.92 Å². The number of hydrogen-bond donors (Lipinski definition) is 3. The molecule has 162 valence electrons. The van der Waals surface area contributed by atoms with E-state index in [0.29, 0.717) is 11.5 Å². The lowest BCUT2D eigenvalue weighted by molar-refractivity contribution is -0.121. The summed E-state index contributed by atoms with van der Waals surface area (Å²) in [5.41, 5.74) is 9.44. The molecule has 1 amide bonds. The zero-order valence-corrected chi connectivity index (χ0v) is 18.0. The monoisotopic (exact) mass is 453 g/mol. The average molecular weight is 454 g/mol. The van der Waals surface area contributed by atoms with E-state index in [1.165, 1.54) is 5.56 Å². The first-order valence-corrected chi connectivity index (χ1v) is 10.7. The predicted octanol–water partition coefficient (Wildman–Crippen LogP) is 3.04. The summed E-state index contributed by atoms with van der Waals surface area (Å²) in [5, 5.41) is 12.7. The molecule has 0 aliphatic carbocycles. The van der Waals surface area contributed by atoms with E-state index < -0.39 is 29.6 Å². The normalized spacial score (nSPS) is 16.9. The summed E-state index contributed by atoms with van der Waals surface area (Å²) < 4.78 is 13.3. The van der Waals surface area contributed by atoms with Crippen LogP contribution in [0.3, 0.4) is 0 Å². The van der Waals surface area contributed by atoms with Crippen LogP contribution in [0.1, 0.15) is 17.2 Å². The lowest BCUT2D eigenvalue weighted by atomic mass is 9.97. The fourth-order valence-electron chi connectivity index (χ4n) is 3.57. The van der Waals surface area contributed by atoms with E-state index in [1.807, 2.05) is 12.1 Å². The first-order valence-electron chi connectivity index (χ1n) is 9.85. The fourth-order valence-corrected chi connectivity index (χ4v) is 3.69. The number of carbonyl (C=O) groups excluding carboxylic acids is 1. The first-order chi connectivity index (χ1) is 14.4. The molecule has 0 unspecified atom stereocenters. The largest absolute Gasteiger partial charge is 0.386 e. The van der Waals surface area contributed by atoms with Crippen LogP contribution in [0.5, 0.6) is 0 Å². The number of nitrogens with two attached hydrogens (primary N) is 1. The van der Waals surface area contributed by atoms with Crippen molar-refractivity contribution in [2.75, 3.05) is 26.3 Å². The molecule has 30 heavy (non-hydrogen) atoms. The molecular weight excluding hydrogens is 428 g/mol. The number of aliphatic hydroxyl groups is 1. The maximum absolute atomic E-state index is 13.3. The molecule has 3 rings (SSSR count). The number of hydrogen-bond acceptors (Lipinski definition) is 4. The first kappa shape index (κ1) is 23.0. The Morgan fingerprint density at radius 1 is 1.13 bits per heavy atom. The predicted molar refractivity (Wildman–Crippen MR) is 118 cm³/mol. The van der Waals surface area contributed by atoms with Gasteiger partial charge in [-0.05, 0) is 34.7 Å². The second-order valence-electron chi connectivity index (χ2n) is 7.63. The maximum atomic E-state index is 13.3. The number of aliphatic hydroxyl groups excluding tert-OH is 1. The van der Waals surface area contributed by atoms with Gasteiger partial charge in [-0.25, -0.2) is 4.39 Å². The van der Waals surface area contributed by atoms with Gasteiger partial charge in [-0.3, -0.25) is 9.69 Å². The third-order valence-electron chi connectivity index (χ3n) is 5.39. The summed E-state index contributed by atoms with van der Waals surface area (Å²) in [4.78, 5) is 12.6. The number of halogens is 3. The fraction of sp³-hybridized carbons (Fsp3) is 0.409. The second kappa shape index (κ2) is 10.6. The Kier molecular flexibility index (Phi) is 8.08. The van der Waals surface area contributed by atoms with Gasteiger partial charge in [0.05, 0.1) is 6.04 Å². The molecule has 0 saturated carbocycles. The molecule has 5 nitrogen and oxygen atoms in total. The minimum atomic E-state index is -1.32. The van der Waals surface area contributed by atoms with Gasteiger partial charge in [0.1, 0.15) is 12.8 Å². The van der Waals surface area contributed by atoms with E-state index in [0.717, 1.165) is 37.3 Å². The molecule has 8 heteroatoms. The van der Waals surface area contributed by atoms with Crippen molar-refractivity contribution in [1.29, 1.82) is 0 Å². The van der Waals surface area contributed by atoms with Crippen molar-refractivity contribution in [3.8, 4) is 11.1 Å². The summed E-state index contributed by atoms with van der Waals surface area (Å²) >= 11 is 10.9. The molecule has 1 aliphatic rings. The summed E-state index contributed by atoms with van der Waals surface area (Å²) in [5.74, 6) is -0.122. The summed E-state index contributed by atoms with van der Waals surface area (Å²) in [6, 6.07) is 14.4. The summed E-state index contributed by atoms with van der Waals surface area (Å²) in [6.07, 6.45) is -1.21. The molecule has 0 bridgehead atoms. The van der Waals surface area contributed by atoms with Crippen molar-refractivity contribution in [2.24, 2.45) is 11.7 Å². The van der Waals surface area contributed by atoms with E-state index >= 15 is 0 Å². The highest BCUT2D eigenvalue weighted by Gasteiger charge is 2.26. The molecule has 1 fully saturated rings. The van der Waals surface area contributed by atoms with Crippen LogP contribution in [0.4, 0.5) is 4.39 Å². The van der Waals surface area contributed by atoms with E-state index in [4.69, 9.17) is 28.9 Å². The van der Waals surface area contributed by atoms with Crippen molar-refractivity contribution in [3.63, 3.8) is 0 Å². The Balaban J connectivity index is 1.61. The number of amides is 1. The Morgan fingerprint density at radius 2 is 1.70 bits per heavy atom. The maximum Gasteiger partial charge on any atom is 0.253 e. The van der Waals surface area contributed by atoms with Crippen LogP contribution < -0.4 is 11.1 Å². The summed E-state index contributed by atoms with van der Waals surface area (Å²) in [6.45, 7) is 2.83. The van der Waals surface area contributed by atoms with Crippen LogP contribution in [-0.2, 0) is 11.3 Å². The molecule has 1 heterocycles. The average Bonchev–Trinajstić information content (AvgIpc) is 2.74. The van der Waals surface area contributed by atoms with Gasteiger partial charge in [0.15, 0.2) is 4.84 Å². The van der Waals surface area contributed by atoms with E-state index in [1.54, 1.807) is 12.1 Å². The highest BCUT2D eigenvalue weighted by atomic mass is 35.5. The van der Waals surface area contributed by atoms with Crippen LogP contribution in [0.25, 0.3) is 11.1 Å². The molecule has 0 spiro atoms. The SMILES string of the molecule is NCC1CN(Cc2ccc(-c3ccc([C@H](O)[C@@H](CF)NC(=O)C(Cl)Cl)cc3)cc2)C1.